The predicted octanol–water partition coefficient (Wildman–Crippen LogP) is 6.50. The van der Waals surface area contributed by atoms with Gasteiger partial charge < -0.3 is 19.5 Å². The van der Waals surface area contributed by atoms with Gasteiger partial charge in [-0.25, -0.2) is 9.37 Å². The molecule has 0 saturated heterocycles. The highest BCUT2D eigenvalue weighted by atomic mass is 19.4. The van der Waals surface area contributed by atoms with E-state index in [1.54, 1.807) is 0 Å². The second kappa shape index (κ2) is 11.3. The van der Waals surface area contributed by atoms with Gasteiger partial charge in [-0.3, -0.25) is 4.79 Å². The van der Waals surface area contributed by atoms with E-state index in [1.165, 1.54) is 12.1 Å². The molecule has 1 atom stereocenters. The lowest BCUT2D eigenvalue weighted by atomic mass is 10.1. The number of hydrogen-bond donors (Lipinski definition) is 1. The molecule has 1 amide bonds. The van der Waals surface area contributed by atoms with Gasteiger partial charge in [-0.05, 0) is 31.2 Å². The minimum Gasteiger partial charge on any atom is -0.490 e. The molecule has 6 nitrogen and oxygen atoms in total. The van der Waals surface area contributed by atoms with Crippen LogP contribution in [0.2, 0.25) is 0 Å². The van der Waals surface area contributed by atoms with Gasteiger partial charge in [0, 0.05) is 24.7 Å². The minimum absolute atomic E-state index is 0.0545. The number of halogens is 11. The summed E-state index contributed by atoms with van der Waals surface area (Å²) in [6.45, 7) is -3.28. The van der Waals surface area contributed by atoms with Gasteiger partial charge in [-0.15, -0.1) is 0 Å². The van der Waals surface area contributed by atoms with Crippen LogP contribution in [0.4, 0.5) is 54.0 Å². The molecule has 0 aliphatic rings. The second-order valence-electron chi connectivity index (χ2n) is 8.27. The first-order valence-electron chi connectivity index (χ1n) is 10.5. The molecule has 39 heavy (non-hydrogen) atoms. The van der Waals surface area contributed by atoms with Crippen LogP contribution in [0.5, 0.6) is 17.4 Å². The fourth-order valence-electron chi connectivity index (χ4n) is 2.51. The highest BCUT2D eigenvalue weighted by molar-refractivity contribution is 5.92. The molecule has 1 N–H and O–H groups in total. The fraction of sp³-hybridized carbons (Fsp3) is 0.455. The first-order chi connectivity index (χ1) is 17.6. The van der Waals surface area contributed by atoms with Crippen LogP contribution in [0.15, 0.2) is 36.4 Å². The molecule has 0 saturated carbocycles. The van der Waals surface area contributed by atoms with Crippen LogP contribution < -0.4 is 19.5 Å². The SMILES string of the molecule is CC(F)(F)Oc1ccc(NC(=O)Cc2cc(OC[C@@](C)(F)C(F)(F)F)cc(OCC(F)(F)C(F)(F)F)n2)cc1. The number of alkyl halides is 11. The summed E-state index contributed by atoms with van der Waals surface area (Å²) in [7, 11) is 0. The Labute approximate surface area is 213 Å². The maximum Gasteiger partial charge on any atom is 0.456 e. The number of rotatable bonds is 11. The van der Waals surface area contributed by atoms with Crippen molar-refractivity contribution >= 4 is 11.6 Å². The number of nitrogens with one attached hydrogen (secondary N) is 1. The van der Waals surface area contributed by atoms with Crippen molar-refractivity contribution in [2.75, 3.05) is 18.5 Å². The molecule has 2 rings (SSSR count). The van der Waals surface area contributed by atoms with Crippen molar-refractivity contribution in [3.63, 3.8) is 0 Å². The van der Waals surface area contributed by atoms with Crippen LogP contribution in [0.25, 0.3) is 0 Å². The van der Waals surface area contributed by atoms with Crippen molar-refractivity contribution in [1.29, 1.82) is 0 Å². The quantitative estimate of drug-likeness (QED) is 0.306. The highest BCUT2D eigenvalue weighted by Gasteiger charge is 2.58. The maximum atomic E-state index is 13.9. The van der Waals surface area contributed by atoms with E-state index in [4.69, 9.17) is 4.74 Å². The number of carbonyl (C=O) groups is 1. The van der Waals surface area contributed by atoms with E-state index in [1.807, 2.05) is 0 Å². The number of amides is 1. The molecule has 0 spiro atoms. The molecule has 0 aliphatic heterocycles. The lowest BCUT2D eigenvalue weighted by Crippen LogP contribution is -2.43. The Morgan fingerprint density at radius 3 is 1.90 bits per heavy atom. The number of ether oxygens (including phenoxy) is 3. The van der Waals surface area contributed by atoms with Crippen molar-refractivity contribution < 1.29 is 67.3 Å². The van der Waals surface area contributed by atoms with Gasteiger partial charge in [0.2, 0.25) is 17.5 Å². The normalized spacial score (nSPS) is 14.4. The minimum atomic E-state index is -6.00. The summed E-state index contributed by atoms with van der Waals surface area (Å²) in [5, 5.41) is 2.29. The Hall–Kier alpha value is -3.53. The van der Waals surface area contributed by atoms with E-state index in [2.05, 4.69) is 19.8 Å². The number of carbonyl (C=O) groups excluding carboxylic acids is 1. The maximum absolute atomic E-state index is 13.9. The van der Waals surface area contributed by atoms with Crippen molar-refractivity contribution in [3.8, 4) is 17.4 Å². The van der Waals surface area contributed by atoms with Gasteiger partial charge in [0.05, 0.1) is 12.1 Å². The second-order valence-corrected chi connectivity index (χ2v) is 8.27. The lowest BCUT2D eigenvalue weighted by Gasteiger charge is -2.24. The van der Waals surface area contributed by atoms with E-state index >= 15 is 0 Å². The highest BCUT2D eigenvalue weighted by Crippen LogP contribution is 2.37. The topological polar surface area (TPSA) is 69.7 Å². The summed E-state index contributed by atoms with van der Waals surface area (Å²) in [4.78, 5) is 15.9. The summed E-state index contributed by atoms with van der Waals surface area (Å²) in [6.07, 6.45) is -15.6. The average molecular weight is 584 g/mol. The standard InChI is InChI=1S/C22H19F11N2O4/c1-18(23,21(28,29)30)10-37-15-7-13(35-17(9-15)38-11-20(26,27)22(31,32)33)8-16(36)34-12-3-5-14(6-4-12)39-19(2,24)25/h3-7,9H,8,10-11H2,1-2H3,(H,34,36)/t18-/m1/s1. The van der Waals surface area contributed by atoms with Crippen LogP contribution in [-0.2, 0) is 11.2 Å². The summed E-state index contributed by atoms with van der Waals surface area (Å²) in [5.41, 5.74) is -4.26. The van der Waals surface area contributed by atoms with Gasteiger partial charge in [0.1, 0.15) is 18.1 Å². The molecule has 0 bridgehead atoms. The van der Waals surface area contributed by atoms with E-state index in [9.17, 15) is 53.1 Å². The van der Waals surface area contributed by atoms with E-state index in [0.717, 1.165) is 18.2 Å². The summed E-state index contributed by atoms with van der Waals surface area (Å²) < 4.78 is 155. The summed E-state index contributed by atoms with van der Waals surface area (Å²) >= 11 is 0. The largest absolute Gasteiger partial charge is 0.490 e. The monoisotopic (exact) mass is 584 g/mol. The van der Waals surface area contributed by atoms with Crippen LogP contribution >= 0.6 is 0 Å². The molecule has 2 aromatic rings. The molecule has 0 aliphatic carbocycles. The van der Waals surface area contributed by atoms with Crippen LogP contribution in [0.3, 0.4) is 0 Å². The number of aromatic nitrogens is 1. The number of anilines is 1. The zero-order valence-corrected chi connectivity index (χ0v) is 19.8. The summed E-state index contributed by atoms with van der Waals surface area (Å²) in [6, 6.07) is 5.84. The fourth-order valence-corrected chi connectivity index (χ4v) is 2.51. The first kappa shape index (κ1) is 31.7. The molecule has 218 valence electrons. The third-order valence-corrected chi connectivity index (χ3v) is 4.52. The van der Waals surface area contributed by atoms with Crippen molar-refractivity contribution in [3.05, 3.63) is 42.1 Å². The Morgan fingerprint density at radius 1 is 0.795 bits per heavy atom. The Balaban J connectivity index is 2.22. The van der Waals surface area contributed by atoms with Crippen molar-refractivity contribution in [2.24, 2.45) is 0 Å². The van der Waals surface area contributed by atoms with Crippen LogP contribution in [0, 0.1) is 0 Å². The van der Waals surface area contributed by atoms with Gasteiger partial charge in [0.25, 0.3) is 0 Å². The number of nitrogens with zero attached hydrogens (tertiary/aromatic N) is 1. The molecule has 0 unspecified atom stereocenters. The molecule has 0 radical (unpaired) electrons. The molecule has 17 heteroatoms. The summed E-state index contributed by atoms with van der Waals surface area (Å²) in [5.74, 6) is -8.16. The molecular weight excluding hydrogens is 565 g/mol. The molecule has 1 aromatic carbocycles. The molecule has 1 heterocycles. The molecular formula is C22H19F11N2O4. The van der Waals surface area contributed by atoms with Gasteiger partial charge in [-0.2, -0.15) is 43.9 Å². The van der Waals surface area contributed by atoms with Crippen LogP contribution in [0.1, 0.15) is 19.5 Å². The smallest absolute Gasteiger partial charge is 0.456 e. The zero-order chi connectivity index (χ0) is 29.9. The average Bonchev–Trinajstić information content (AvgIpc) is 2.75. The number of hydrogen-bond acceptors (Lipinski definition) is 5. The number of benzene rings is 1. The first-order valence-corrected chi connectivity index (χ1v) is 10.5. The third-order valence-electron chi connectivity index (χ3n) is 4.52. The van der Waals surface area contributed by atoms with Crippen molar-refractivity contribution in [2.45, 2.75) is 50.3 Å². The van der Waals surface area contributed by atoms with E-state index in [-0.39, 0.29) is 18.4 Å². The lowest BCUT2D eigenvalue weighted by molar-refractivity contribution is -0.290. The number of pyridine rings is 1. The Kier molecular flexibility index (Phi) is 9.18. The third kappa shape index (κ3) is 9.62. The predicted molar refractivity (Wildman–Crippen MR) is 112 cm³/mol. The Bertz CT molecular complexity index is 1080. The zero-order valence-electron chi connectivity index (χ0n) is 19.8. The van der Waals surface area contributed by atoms with E-state index < -0.39 is 72.9 Å². The van der Waals surface area contributed by atoms with Gasteiger partial charge in [-0.1, -0.05) is 0 Å². The van der Waals surface area contributed by atoms with Crippen molar-refractivity contribution in [1.82, 2.24) is 4.98 Å². The Morgan fingerprint density at radius 2 is 1.38 bits per heavy atom. The van der Waals surface area contributed by atoms with E-state index in [0.29, 0.717) is 13.0 Å². The molecule has 1 aromatic heterocycles. The molecule has 0 fully saturated rings. The van der Waals surface area contributed by atoms with Gasteiger partial charge >= 0.3 is 24.4 Å². The van der Waals surface area contributed by atoms with Crippen LogP contribution in [-0.4, -0.2) is 54.2 Å². The van der Waals surface area contributed by atoms with Gasteiger partial charge in [0.15, 0.2) is 6.61 Å².